The second kappa shape index (κ2) is 6.81. The van der Waals surface area contributed by atoms with Crippen molar-refractivity contribution >= 4 is 11.6 Å². The van der Waals surface area contributed by atoms with Gasteiger partial charge in [0.1, 0.15) is 6.20 Å². The van der Waals surface area contributed by atoms with Crippen molar-refractivity contribution in [3.05, 3.63) is 57.9 Å². The van der Waals surface area contributed by atoms with E-state index in [-0.39, 0.29) is 17.9 Å². The molecule has 0 fully saturated rings. The quantitative estimate of drug-likeness (QED) is 0.601. The van der Waals surface area contributed by atoms with E-state index in [9.17, 15) is 20.0 Å². The van der Waals surface area contributed by atoms with Crippen molar-refractivity contribution in [2.45, 2.75) is 12.5 Å². The molecule has 2 aromatic rings. The van der Waals surface area contributed by atoms with E-state index < -0.39 is 16.9 Å². The highest BCUT2D eigenvalue weighted by Crippen LogP contribution is 2.16. The summed E-state index contributed by atoms with van der Waals surface area (Å²) in [5, 5.41) is 27.0. The number of aliphatic hydroxyl groups is 1. The zero-order valence-corrected chi connectivity index (χ0v) is 12.0. The van der Waals surface area contributed by atoms with Gasteiger partial charge in [0.25, 0.3) is 5.91 Å². The minimum Gasteiger partial charge on any atom is -0.391 e. The first kappa shape index (κ1) is 15.6. The molecule has 0 spiro atoms. The normalized spacial score (nSPS) is 11.9. The van der Waals surface area contributed by atoms with E-state index in [2.05, 4.69) is 10.4 Å². The Balaban J connectivity index is 1.95. The molecule has 1 aromatic carbocycles. The molecule has 8 nitrogen and oxygen atoms in total. The second-order valence-corrected chi connectivity index (χ2v) is 4.81. The molecule has 1 atom stereocenters. The fraction of sp³-hybridized carbons (Fsp3) is 0.286. The van der Waals surface area contributed by atoms with E-state index >= 15 is 0 Å². The highest BCUT2D eigenvalue weighted by atomic mass is 16.6. The molecule has 0 bridgehead atoms. The van der Waals surface area contributed by atoms with E-state index in [1.54, 1.807) is 0 Å². The third-order valence-electron chi connectivity index (χ3n) is 3.14. The molecule has 8 heteroatoms. The molecule has 2 N–H and O–H groups in total. The maximum Gasteiger partial charge on any atom is 0.320 e. The largest absolute Gasteiger partial charge is 0.391 e. The fourth-order valence-corrected chi connectivity index (χ4v) is 2.08. The van der Waals surface area contributed by atoms with E-state index in [0.29, 0.717) is 6.42 Å². The van der Waals surface area contributed by atoms with Crippen LogP contribution in [0.15, 0.2) is 36.5 Å². The first-order chi connectivity index (χ1) is 10.5. The Morgan fingerprint density at radius 3 is 2.77 bits per heavy atom. The standard InChI is InChI=1S/C14H16N4O4/c1-17-13(12(9-16-17)18(21)22)14(20)15-8-11(19)7-10-5-3-2-4-6-10/h2-6,9,11,19H,7-8H2,1H3,(H,15,20). The fourth-order valence-electron chi connectivity index (χ4n) is 2.08. The summed E-state index contributed by atoms with van der Waals surface area (Å²) in [4.78, 5) is 22.2. The predicted octanol–water partition coefficient (Wildman–Crippen LogP) is 0.662. The number of nitro groups is 1. The number of carbonyl (C=O) groups excluding carboxylic acids is 1. The van der Waals surface area contributed by atoms with Crippen LogP contribution in [-0.2, 0) is 13.5 Å². The lowest BCUT2D eigenvalue weighted by atomic mass is 10.1. The summed E-state index contributed by atoms with van der Waals surface area (Å²) < 4.78 is 1.14. The van der Waals surface area contributed by atoms with Crippen molar-refractivity contribution in [2.75, 3.05) is 6.54 Å². The summed E-state index contributed by atoms with van der Waals surface area (Å²) in [6.45, 7) is -0.00391. The Morgan fingerprint density at radius 2 is 2.14 bits per heavy atom. The van der Waals surface area contributed by atoms with Gasteiger partial charge < -0.3 is 10.4 Å². The highest BCUT2D eigenvalue weighted by molar-refractivity contribution is 5.96. The Hall–Kier alpha value is -2.74. The van der Waals surface area contributed by atoms with E-state index in [4.69, 9.17) is 0 Å². The van der Waals surface area contributed by atoms with E-state index in [0.717, 1.165) is 16.4 Å². The van der Waals surface area contributed by atoms with Crippen LogP contribution in [0.2, 0.25) is 0 Å². The molecular weight excluding hydrogens is 288 g/mol. The number of rotatable bonds is 6. The summed E-state index contributed by atoms with van der Waals surface area (Å²) >= 11 is 0. The first-order valence-electron chi connectivity index (χ1n) is 6.65. The zero-order chi connectivity index (χ0) is 16.1. The van der Waals surface area contributed by atoms with Crippen LogP contribution >= 0.6 is 0 Å². The van der Waals surface area contributed by atoms with Crippen molar-refractivity contribution < 1.29 is 14.8 Å². The minimum absolute atomic E-state index is 0.00391. The van der Waals surface area contributed by atoms with Crippen LogP contribution < -0.4 is 5.32 Å². The van der Waals surface area contributed by atoms with Crippen molar-refractivity contribution in [3.8, 4) is 0 Å². The SMILES string of the molecule is Cn1ncc([N+](=O)[O-])c1C(=O)NCC(O)Cc1ccccc1. The van der Waals surface area contributed by atoms with Gasteiger partial charge in [-0.15, -0.1) is 0 Å². The molecule has 1 heterocycles. The number of aromatic nitrogens is 2. The third-order valence-corrected chi connectivity index (χ3v) is 3.14. The summed E-state index contributed by atoms with van der Waals surface area (Å²) in [5.74, 6) is -0.640. The Labute approximate surface area is 126 Å². The maximum absolute atomic E-state index is 12.0. The van der Waals surface area contributed by atoms with Gasteiger partial charge in [-0.25, -0.2) is 0 Å². The molecule has 0 saturated carbocycles. The van der Waals surface area contributed by atoms with Gasteiger partial charge in [-0.2, -0.15) is 5.10 Å². The third kappa shape index (κ3) is 3.67. The molecule has 1 unspecified atom stereocenters. The molecular formula is C14H16N4O4. The van der Waals surface area contributed by atoms with Crippen molar-refractivity contribution in [3.63, 3.8) is 0 Å². The number of aryl methyl sites for hydroxylation is 1. The lowest BCUT2D eigenvalue weighted by Crippen LogP contribution is -2.34. The van der Waals surface area contributed by atoms with Crippen molar-refractivity contribution in [1.29, 1.82) is 0 Å². The molecule has 1 aromatic heterocycles. The Morgan fingerprint density at radius 1 is 1.45 bits per heavy atom. The molecule has 0 aliphatic carbocycles. The number of nitrogens with zero attached hydrogens (tertiary/aromatic N) is 3. The summed E-state index contributed by atoms with van der Waals surface area (Å²) in [6.07, 6.45) is 0.628. The van der Waals surface area contributed by atoms with Crippen molar-refractivity contribution in [2.24, 2.45) is 7.05 Å². The Kier molecular flexibility index (Phi) is 4.84. The lowest BCUT2D eigenvalue weighted by molar-refractivity contribution is -0.385. The van der Waals surface area contributed by atoms with Gasteiger partial charge in [0.2, 0.25) is 5.69 Å². The minimum atomic E-state index is -0.779. The number of aliphatic hydroxyl groups excluding tert-OH is 1. The monoisotopic (exact) mass is 304 g/mol. The van der Waals surface area contributed by atoms with Crippen LogP contribution in [0.5, 0.6) is 0 Å². The molecule has 1 amide bonds. The van der Waals surface area contributed by atoms with Gasteiger partial charge in [0.15, 0.2) is 0 Å². The number of hydrogen-bond acceptors (Lipinski definition) is 5. The molecule has 116 valence electrons. The molecule has 0 aliphatic heterocycles. The van der Waals surface area contributed by atoms with Gasteiger partial charge in [-0.05, 0) is 5.56 Å². The number of benzene rings is 1. The molecule has 0 aliphatic rings. The van der Waals surface area contributed by atoms with Gasteiger partial charge in [-0.3, -0.25) is 19.6 Å². The number of amides is 1. The van der Waals surface area contributed by atoms with Crippen molar-refractivity contribution in [1.82, 2.24) is 15.1 Å². The average molecular weight is 304 g/mol. The van der Waals surface area contributed by atoms with Crippen LogP contribution in [0.1, 0.15) is 16.1 Å². The van der Waals surface area contributed by atoms with Gasteiger partial charge >= 0.3 is 5.69 Å². The summed E-state index contributed by atoms with van der Waals surface area (Å²) in [5.41, 5.74) is 0.435. The molecule has 0 radical (unpaired) electrons. The van der Waals surface area contributed by atoms with Crippen LogP contribution in [-0.4, -0.2) is 38.4 Å². The zero-order valence-electron chi connectivity index (χ0n) is 12.0. The highest BCUT2D eigenvalue weighted by Gasteiger charge is 2.25. The maximum atomic E-state index is 12.0. The summed E-state index contributed by atoms with van der Waals surface area (Å²) in [7, 11) is 1.45. The summed E-state index contributed by atoms with van der Waals surface area (Å²) in [6, 6.07) is 9.34. The number of nitrogens with one attached hydrogen (secondary N) is 1. The van der Waals surface area contributed by atoms with Crippen LogP contribution in [0.25, 0.3) is 0 Å². The molecule has 2 rings (SSSR count). The number of carbonyl (C=O) groups is 1. The Bertz CT molecular complexity index is 669. The first-order valence-corrected chi connectivity index (χ1v) is 6.65. The second-order valence-electron chi connectivity index (χ2n) is 4.81. The van der Waals surface area contributed by atoms with Crippen LogP contribution in [0.3, 0.4) is 0 Å². The van der Waals surface area contributed by atoms with Gasteiger partial charge in [0, 0.05) is 20.0 Å². The van der Waals surface area contributed by atoms with E-state index in [1.165, 1.54) is 7.05 Å². The van der Waals surface area contributed by atoms with Crippen LogP contribution in [0.4, 0.5) is 5.69 Å². The average Bonchev–Trinajstić information content (AvgIpc) is 2.88. The molecule has 0 saturated heterocycles. The number of hydrogen-bond donors (Lipinski definition) is 2. The lowest BCUT2D eigenvalue weighted by Gasteiger charge is -2.12. The topological polar surface area (TPSA) is 110 Å². The van der Waals surface area contributed by atoms with Gasteiger partial charge in [0.05, 0.1) is 11.0 Å². The molecule has 22 heavy (non-hydrogen) atoms. The smallest absolute Gasteiger partial charge is 0.320 e. The van der Waals surface area contributed by atoms with Crippen LogP contribution in [0, 0.1) is 10.1 Å². The van der Waals surface area contributed by atoms with Gasteiger partial charge in [-0.1, -0.05) is 30.3 Å². The van der Waals surface area contributed by atoms with E-state index in [1.807, 2.05) is 30.3 Å². The predicted molar refractivity (Wildman–Crippen MR) is 78.3 cm³/mol.